The molecule has 0 aliphatic carbocycles. The van der Waals surface area contributed by atoms with Crippen LogP contribution in [0.3, 0.4) is 0 Å². The quantitative estimate of drug-likeness (QED) is 0.785. The Bertz CT molecular complexity index is 365. The molecule has 2 atom stereocenters. The Morgan fingerprint density at radius 1 is 1.41 bits per heavy atom. The first-order valence-corrected chi connectivity index (χ1v) is 6.20. The van der Waals surface area contributed by atoms with E-state index in [1.165, 1.54) is 12.3 Å². The molecule has 0 spiro atoms. The van der Waals surface area contributed by atoms with Crippen LogP contribution in [0.15, 0.2) is 18.3 Å². The summed E-state index contributed by atoms with van der Waals surface area (Å²) in [7, 11) is 2.15. The number of nitrogens with zero attached hydrogens (tertiary/aromatic N) is 3. The molecule has 0 aromatic carbocycles. The van der Waals surface area contributed by atoms with Crippen LogP contribution in [0.25, 0.3) is 0 Å². The highest BCUT2D eigenvalue weighted by Gasteiger charge is 2.30. The summed E-state index contributed by atoms with van der Waals surface area (Å²) in [6, 6.07) is 4.14. The molecule has 0 amide bonds. The van der Waals surface area contributed by atoms with Gasteiger partial charge in [0.25, 0.3) is 0 Å². The monoisotopic (exact) mass is 237 g/mol. The fraction of sp³-hybridized carbons (Fsp3) is 0.615. The molecule has 1 saturated heterocycles. The molecule has 2 unspecified atom stereocenters. The van der Waals surface area contributed by atoms with Crippen LogP contribution in [-0.4, -0.2) is 42.1 Å². The summed E-state index contributed by atoms with van der Waals surface area (Å²) >= 11 is 0. The molecular formula is C13H20FN3. The van der Waals surface area contributed by atoms with E-state index in [-0.39, 0.29) is 5.82 Å². The van der Waals surface area contributed by atoms with Gasteiger partial charge in [0.15, 0.2) is 0 Å². The van der Waals surface area contributed by atoms with Crippen molar-refractivity contribution in [3.8, 4) is 0 Å². The molecule has 4 heteroatoms. The van der Waals surface area contributed by atoms with Crippen molar-refractivity contribution in [2.75, 3.05) is 25.0 Å². The topological polar surface area (TPSA) is 19.4 Å². The van der Waals surface area contributed by atoms with Crippen molar-refractivity contribution >= 4 is 5.82 Å². The predicted molar refractivity (Wildman–Crippen MR) is 67.7 cm³/mol. The molecular weight excluding hydrogens is 217 g/mol. The first-order valence-electron chi connectivity index (χ1n) is 6.20. The largest absolute Gasteiger partial charge is 0.348 e. The first kappa shape index (κ1) is 12.3. The number of anilines is 1. The highest BCUT2D eigenvalue weighted by Crippen LogP contribution is 2.23. The minimum atomic E-state index is -0.274. The number of likely N-dealkylation sites (N-methyl/N-ethyl adjacent to an activating group) is 1. The first-order chi connectivity index (χ1) is 8.11. The summed E-state index contributed by atoms with van der Waals surface area (Å²) in [6.07, 6.45) is 2.38. The maximum Gasteiger partial charge on any atom is 0.141 e. The number of aromatic nitrogens is 1. The summed E-state index contributed by atoms with van der Waals surface area (Å²) in [5, 5.41) is 0. The van der Waals surface area contributed by atoms with E-state index >= 15 is 0 Å². The molecule has 3 nitrogen and oxygen atoms in total. The van der Waals surface area contributed by atoms with Crippen LogP contribution in [0.1, 0.15) is 20.3 Å². The molecule has 0 bridgehead atoms. The van der Waals surface area contributed by atoms with Crippen molar-refractivity contribution in [2.45, 2.75) is 32.4 Å². The van der Waals surface area contributed by atoms with Crippen LogP contribution in [0.4, 0.5) is 10.2 Å². The van der Waals surface area contributed by atoms with E-state index in [1.807, 2.05) is 0 Å². The van der Waals surface area contributed by atoms with Crippen molar-refractivity contribution in [2.24, 2.45) is 0 Å². The van der Waals surface area contributed by atoms with Crippen LogP contribution in [0, 0.1) is 5.82 Å². The van der Waals surface area contributed by atoms with E-state index in [4.69, 9.17) is 0 Å². The molecule has 94 valence electrons. The molecule has 0 N–H and O–H groups in total. The highest BCUT2D eigenvalue weighted by atomic mass is 19.1. The minimum Gasteiger partial charge on any atom is -0.348 e. The number of hydrogen-bond donors (Lipinski definition) is 0. The van der Waals surface area contributed by atoms with Crippen LogP contribution < -0.4 is 4.90 Å². The van der Waals surface area contributed by atoms with Gasteiger partial charge < -0.3 is 9.80 Å². The lowest BCUT2D eigenvalue weighted by Gasteiger charge is -2.45. The number of hydrogen-bond acceptors (Lipinski definition) is 3. The Kier molecular flexibility index (Phi) is 3.62. The van der Waals surface area contributed by atoms with Crippen molar-refractivity contribution in [3.63, 3.8) is 0 Å². The lowest BCUT2D eigenvalue weighted by atomic mass is 10.1. The van der Waals surface area contributed by atoms with Crippen LogP contribution in [0.5, 0.6) is 0 Å². The van der Waals surface area contributed by atoms with Gasteiger partial charge in [-0.25, -0.2) is 9.37 Å². The van der Waals surface area contributed by atoms with Crippen LogP contribution in [0.2, 0.25) is 0 Å². The van der Waals surface area contributed by atoms with Gasteiger partial charge in [0.2, 0.25) is 0 Å². The van der Waals surface area contributed by atoms with Gasteiger partial charge in [-0.3, -0.25) is 0 Å². The third kappa shape index (κ3) is 2.57. The standard InChI is InChI=1S/C13H20FN3/c1-4-12-9-16(3)8-10(2)17(12)13-6-5-11(14)7-15-13/h5-7,10,12H,4,8-9H2,1-3H3. The third-order valence-corrected chi connectivity index (χ3v) is 3.41. The Morgan fingerprint density at radius 3 is 2.76 bits per heavy atom. The fourth-order valence-corrected chi connectivity index (χ4v) is 2.68. The van der Waals surface area contributed by atoms with E-state index in [9.17, 15) is 4.39 Å². The SMILES string of the molecule is CCC1CN(C)CC(C)N1c1ccc(F)cn1. The summed E-state index contributed by atoms with van der Waals surface area (Å²) in [4.78, 5) is 8.87. The van der Waals surface area contributed by atoms with E-state index in [0.29, 0.717) is 12.1 Å². The average molecular weight is 237 g/mol. The van der Waals surface area contributed by atoms with Gasteiger partial charge in [-0.15, -0.1) is 0 Å². The summed E-state index contributed by atoms with van der Waals surface area (Å²) in [5.74, 6) is 0.613. The van der Waals surface area contributed by atoms with Gasteiger partial charge in [0.05, 0.1) is 6.20 Å². The molecule has 17 heavy (non-hydrogen) atoms. The summed E-state index contributed by atoms with van der Waals surface area (Å²) in [5.41, 5.74) is 0. The average Bonchev–Trinajstić information content (AvgIpc) is 2.30. The van der Waals surface area contributed by atoms with Crippen LogP contribution in [-0.2, 0) is 0 Å². The lowest BCUT2D eigenvalue weighted by Crippen LogP contribution is -2.56. The zero-order chi connectivity index (χ0) is 12.4. The highest BCUT2D eigenvalue weighted by molar-refractivity contribution is 5.41. The summed E-state index contributed by atoms with van der Waals surface area (Å²) in [6.45, 7) is 6.45. The van der Waals surface area contributed by atoms with E-state index in [0.717, 1.165) is 25.3 Å². The van der Waals surface area contributed by atoms with Crippen molar-refractivity contribution in [1.29, 1.82) is 0 Å². The number of piperazine rings is 1. The minimum absolute atomic E-state index is 0.274. The van der Waals surface area contributed by atoms with Crippen molar-refractivity contribution < 1.29 is 4.39 Å². The predicted octanol–water partition coefficient (Wildman–Crippen LogP) is 2.14. The number of halogens is 1. The number of rotatable bonds is 2. The molecule has 1 aromatic rings. The van der Waals surface area contributed by atoms with Crippen molar-refractivity contribution in [3.05, 3.63) is 24.1 Å². The van der Waals surface area contributed by atoms with Crippen LogP contribution >= 0.6 is 0 Å². The molecule has 1 aromatic heterocycles. The molecule has 2 heterocycles. The molecule has 2 rings (SSSR count). The van der Waals surface area contributed by atoms with Gasteiger partial charge in [-0.2, -0.15) is 0 Å². The van der Waals surface area contributed by atoms with Gasteiger partial charge in [-0.05, 0) is 32.5 Å². The zero-order valence-corrected chi connectivity index (χ0v) is 10.7. The molecule has 1 aliphatic heterocycles. The second-order valence-electron chi connectivity index (χ2n) is 4.87. The maximum atomic E-state index is 12.9. The Hall–Kier alpha value is -1.16. The zero-order valence-electron chi connectivity index (χ0n) is 10.7. The lowest BCUT2D eigenvalue weighted by molar-refractivity contribution is 0.228. The molecule has 1 aliphatic rings. The maximum absolute atomic E-state index is 12.9. The number of pyridine rings is 1. The Balaban J connectivity index is 2.24. The van der Waals surface area contributed by atoms with E-state index in [2.05, 4.69) is 35.7 Å². The smallest absolute Gasteiger partial charge is 0.141 e. The van der Waals surface area contributed by atoms with E-state index in [1.54, 1.807) is 6.07 Å². The second-order valence-corrected chi connectivity index (χ2v) is 4.87. The molecule has 0 saturated carbocycles. The van der Waals surface area contributed by atoms with Gasteiger partial charge in [0, 0.05) is 25.2 Å². The third-order valence-electron chi connectivity index (χ3n) is 3.41. The van der Waals surface area contributed by atoms with E-state index < -0.39 is 0 Å². The molecule has 0 radical (unpaired) electrons. The second kappa shape index (κ2) is 5.00. The molecule has 1 fully saturated rings. The van der Waals surface area contributed by atoms with Crippen molar-refractivity contribution in [1.82, 2.24) is 9.88 Å². The fourth-order valence-electron chi connectivity index (χ4n) is 2.68. The Labute approximate surface area is 102 Å². The van der Waals surface area contributed by atoms with Gasteiger partial charge in [0.1, 0.15) is 11.6 Å². The van der Waals surface area contributed by atoms with Gasteiger partial charge in [-0.1, -0.05) is 6.92 Å². The Morgan fingerprint density at radius 2 is 2.18 bits per heavy atom. The van der Waals surface area contributed by atoms with Gasteiger partial charge >= 0.3 is 0 Å². The summed E-state index contributed by atoms with van der Waals surface area (Å²) < 4.78 is 12.9. The normalized spacial score (nSPS) is 26.2.